The van der Waals surface area contributed by atoms with Crippen molar-refractivity contribution in [2.75, 3.05) is 5.75 Å². The van der Waals surface area contributed by atoms with Crippen LogP contribution in [-0.2, 0) is 17.6 Å². The Morgan fingerprint density at radius 3 is 3.05 bits per heavy atom. The van der Waals surface area contributed by atoms with Crippen LogP contribution >= 0.6 is 23.1 Å². The third-order valence-electron chi connectivity index (χ3n) is 4.01. The lowest BCUT2D eigenvalue weighted by molar-refractivity contribution is -0.137. The second-order valence-corrected chi connectivity index (χ2v) is 8.12. The molecule has 0 aliphatic heterocycles. The van der Waals surface area contributed by atoms with Gasteiger partial charge < -0.3 is 5.11 Å². The molecule has 2 aromatic rings. The van der Waals surface area contributed by atoms with Crippen molar-refractivity contribution in [1.82, 2.24) is 9.97 Å². The van der Waals surface area contributed by atoms with Crippen LogP contribution in [0.25, 0.3) is 10.2 Å². The Hall–Kier alpha value is -1.14. The van der Waals surface area contributed by atoms with Crippen LogP contribution in [0, 0.1) is 12.8 Å². The standard InChI is InChI=1S/C16H20N2O2S2/c1-9-5-6-11-12(8-9)22-16-14(11)15(17-10(2)18-16)21-7-3-4-13(19)20/h9H,3-8H2,1-2H3,(H,19,20). The molecule has 0 saturated carbocycles. The second kappa shape index (κ2) is 6.54. The predicted molar refractivity (Wildman–Crippen MR) is 90.9 cm³/mol. The maximum atomic E-state index is 10.6. The number of aromatic nitrogens is 2. The van der Waals surface area contributed by atoms with E-state index in [2.05, 4.69) is 16.9 Å². The number of nitrogens with zero attached hydrogens (tertiary/aromatic N) is 2. The van der Waals surface area contributed by atoms with Crippen LogP contribution < -0.4 is 0 Å². The maximum absolute atomic E-state index is 10.6. The Balaban J connectivity index is 1.90. The molecule has 0 spiro atoms. The van der Waals surface area contributed by atoms with Gasteiger partial charge in [0.2, 0.25) is 0 Å². The molecule has 1 N–H and O–H groups in total. The average Bonchev–Trinajstić information content (AvgIpc) is 2.79. The topological polar surface area (TPSA) is 63.1 Å². The van der Waals surface area contributed by atoms with Crippen LogP contribution in [0.4, 0.5) is 0 Å². The minimum absolute atomic E-state index is 0.222. The number of thiophene rings is 1. The summed E-state index contributed by atoms with van der Waals surface area (Å²) in [5, 5.41) is 11.0. The van der Waals surface area contributed by atoms with Crippen molar-refractivity contribution in [3.8, 4) is 0 Å². The van der Waals surface area contributed by atoms with Gasteiger partial charge in [0.15, 0.2) is 0 Å². The number of aliphatic carboxylic acids is 1. The number of hydrogen-bond acceptors (Lipinski definition) is 5. The highest BCUT2D eigenvalue weighted by atomic mass is 32.2. The monoisotopic (exact) mass is 336 g/mol. The Morgan fingerprint density at radius 1 is 1.45 bits per heavy atom. The van der Waals surface area contributed by atoms with E-state index in [0.717, 1.165) is 40.2 Å². The van der Waals surface area contributed by atoms with Crippen LogP contribution in [0.1, 0.15) is 42.5 Å². The number of fused-ring (bicyclic) bond motifs is 3. The maximum Gasteiger partial charge on any atom is 0.303 e. The summed E-state index contributed by atoms with van der Waals surface area (Å²) in [6.07, 6.45) is 4.40. The molecule has 0 aromatic carbocycles. The van der Waals surface area contributed by atoms with Crippen LogP contribution in [0.5, 0.6) is 0 Å². The highest BCUT2D eigenvalue weighted by molar-refractivity contribution is 7.99. The molecule has 22 heavy (non-hydrogen) atoms. The molecule has 0 amide bonds. The molecule has 0 fully saturated rings. The second-order valence-electron chi connectivity index (χ2n) is 5.95. The normalized spacial score (nSPS) is 17.6. The lowest BCUT2D eigenvalue weighted by Gasteiger charge is -2.18. The highest BCUT2D eigenvalue weighted by Gasteiger charge is 2.23. The van der Waals surface area contributed by atoms with Gasteiger partial charge in [-0.2, -0.15) is 0 Å². The summed E-state index contributed by atoms with van der Waals surface area (Å²) >= 11 is 3.49. The first kappa shape index (κ1) is 15.7. The van der Waals surface area contributed by atoms with Gasteiger partial charge in [0.1, 0.15) is 15.7 Å². The lowest BCUT2D eigenvalue weighted by Crippen LogP contribution is -2.08. The molecule has 0 radical (unpaired) electrons. The van der Waals surface area contributed by atoms with E-state index in [4.69, 9.17) is 5.11 Å². The van der Waals surface area contributed by atoms with Gasteiger partial charge in [-0.15, -0.1) is 23.1 Å². The van der Waals surface area contributed by atoms with Crippen LogP contribution in [-0.4, -0.2) is 26.8 Å². The molecule has 0 saturated heterocycles. The van der Waals surface area contributed by atoms with Crippen LogP contribution in [0.2, 0.25) is 0 Å². The van der Waals surface area contributed by atoms with E-state index in [-0.39, 0.29) is 6.42 Å². The largest absolute Gasteiger partial charge is 0.481 e. The Bertz CT molecular complexity index is 712. The van der Waals surface area contributed by atoms with Crippen LogP contribution in [0.3, 0.4) is 0 Å². The number of aryl methyl sites for hydroxylation is 2. The fraction of sp³-hybridized carbons (Fsp3) is 0.562. The molecule has 1 aliphatic rings. The highest BCUT2D eigenvalue weighted by Crippen LogP contribution is 2.40. The fourth-order valence-corrected chi connectivity index (χ4v) is 5.44. The van der Waals surface area contributed by atoms with Crippen molar-refractivity contribution < 1.29 is 9.90 Å². The van der Waals surface area contributed by atoms with Crippen molar-refractivity contribution in [2.24, 2.45) is 5.92 Å². The molecule has 1 unspecified atom stereocenters. The van der Waals surface area contributed by atoms with Gasteiger partial charge in [-0.25, -0.2) is 9.97 Å². The molecule has 2 aromatic heterocycles. The summed E-state index contributed by atoms with van der Waals surface area (Å²) in [7, 11) is 0. The smallest absolute Gasteiger partial charge is 0.303 e. The summed E-state index contributed by atoms with van der Waals surface area (Å²) in [6, 6.07) is 0. The van der Waals surface area contributed by atoms with Crippen LogP contribution in [0.15, 0.2) is 5.03 Å². The summed E-state index contributed by atoms with van der Waals surface area (Å²) in [6.45, 7) is 4.24. The summed E-state index contributed by atoms with van der Waals surface area (Å²) in [5.41, 5.74) is 1.44. The first-order valence-electron chi connectivity index (χ1n) is 7.68. The minimum Gasteiger partial charge on any atom is -0.481 e. The zero-order chi connectivity index (χ0) is 15.7. The van der Waals surface area contributed by atoms with E-state index < -0.39 is 5.97 Å². The number of thioether (sulfide) groups is 1. The molecule has 1 atom stereocenters. The molecular weight excluding hydrogens is 316 g/mol. The summed E-state index contributed by atoms with van der Waals surface area (Å²) in [4.78, 5) is 22.5. The predicted octanol–water partition coefficient (Wildman–Crippen LogP) is 4.08. The molecule has 118 valence electrons. The molecule has 2 heterocycles. The first-order chi connectivity index (χ1) is 10.5. The Morgan fingerprint density at radius 2 is 2.27 bits per heavy atom. The third-order valence-corrected chi connectivity index (χ3v) is 6.22. The molecule has 3 rings (SSSR count). The minimum atomic E-state index is -0.730. The van der Waals surface area contributed by atoms with Gasteiger partial charge >= 0.3 is 5.97 Å². The summed E-state index contributed by atoms with van der Waals surface area (Å²) in [5.74, 6) is 1.62. The van der Waals surface area contributed by atoms with E-state index >= 15 is 0 Å². The van der Waals surface area contributed by atoms with Gasteiger partial charge in [0, 0.05) is 22.4 Å². The van der Waals surface area contributed by atoms with Gasteiger partial charge in [-0.1, -0.05) is 6.92 Å². The Kier molecular flexibility index (Phi) is 4.68. The third kappa shape index (κ3) is 3.27. The quantitative estimate of drug-likeness (QED) is 0.506. The van der Waals surface area contributed by atoms with Crippen molar-refractivity contribution in [1.29, 1.82) is 0 Å². The van der Waals surface area contributed by atoms with E-state index in [1.165, 1.54) is 22.2 Å². The van der Waals surface area contributed by atoms with Gasteiger partial charge in [0.05, 0.1) is 0 Å². The van der Waals surface area contributed by atoms with Crippen molar-refractivity contribution >= 4 is 39.3 Å². The fourth-order valence-electron chi connectivity index (χ4n) is 2.91. The van der Waals surface area contributed by atoms with E-state index in [1.807, 2.05) is 18.3 Å². The molecule has 1 aliphatic carbocycles. The SMILES string of the molecule is Cc1nc(SCCCC(=O)O)c2c3c(sc2n1)CC(C)CC3. The Labute approximate surface area is 138 Å². The summed E-state index contributed by atoms with van der Waals surface area (Å²) < 4.78 is 0. The number of carbonyl (C=O) groups is 1. The van der Waals surface area contributed by atoms with Crippen molar-refractivity contribution in [3.05, 3.63) is 16.3 Å². The van der Waals surface area contributed by atoms with Gasteiger partial charge in [0.25, 0.3) is 0 Å². The zero-order valence-corrected chi connectivity index (χ0v) is 14.5. The molecular formula is C16H20N2O2S2. The number of hydrogen-bond donors (Lipinski definition) is 1. The van der Waals surface area contributed by atoms with Crippen molar-refractivity contribution in [3.63, 3.8) is 0 Å². The molecule has 6 heteroatoms. The number of carboxylic acid groups (broad SMARTS) is 1. The number of rotatable bonds is 5. The van der Waals surface area contributed by atoms with Gasteiger partial charge in [-0.3, -0.25) is 4.79 Å². The van der Waals surface area contributed by atoms with E-state index in [9.17, 15) is 4.79 Å². The average molecular weight is 336 g/mol. The first-order valence-corrected chi connectivity index (χ1v) is 9.48. The zero-order valence-electron chi connectivity index (χ0n) is 12.9. The molecule has 0 bridgehead atoms. The molecule has 4 nitrogen and oxygen atoms in total. The lowest BCUT2D eigenvalue weighted by atomic mass is 9.89. The van der Waals surface area contributed by atoms with Gasteiger partial charge in [-0.05, 0) is 44.1 Å². The van der Waals surface area contributed by atoms with E-state index in [0.29, 0.717) is 6.42 Å². The number of carboxylic acids is 1. The van der Waals surface area contributed by atoms with Crippen molar-refractivity contribution in [2.45, 2.75) is 51.0 Å². The van der Waals surface area contributed by atoms with E-state index in [1.54, 1.807) is 11.8 Å².